The summed E-state index contributed by atoms with van der Waals surface area (Å²) in [7, 11) is -3.18. The minimum atomic E-state index is -3.18. The van der Waals surface area contributed by atoms with E-state index >= 15 is 0 Å². The van der Waals surface area contributed by atoms with Crippen LogP contribution in [0.25, 0.3) is 0 Å². The van der Waals surface area contributed by atoms with Crippen molar-refractivity contribution in [2.45, 2.75) is 38.0 Å². The number of hydrogen-bond donors (Lipinski definition) is 0. The number of thioether (sulfide) groups is 1. The molecule has 9 heteroatoms. The molecule has 0 saturated carbocycles. The Kier molecular flexibility index (Phi) is 5.79. The number of fused-ring (bicyclic) bond motifs is 1. The number of amides is 1. The van der Waals surface area contributed by atoms with Gasteiger partial charge in [-0.1, -0.05) is 41.5 Å². The molecule has 5 nitrogen and oxygen atoms in total. The molecule has 0 N–H and O–H groups in total. The largest absolute Gasteiger partial charge is 0.313 e. The number of sulfone groups is 1. The van der Waals surface area contributed by atoms with Gasteiger partial charge in [0.05, 0.1) is 23.2 Å². The highest BCUT2D eigenvalue weighted by Gasteiger charge is 2.50. The van der Waals surface area contributed by atoms with Crippen LogP contribution in [0, 0.1) is 11.7 Å². The van der Waals surface area contributed by atoms with Crippen LogP contribution < -0.4 is 4.90 Å². The highest BCUT2D eigenvalue weighted by molar-refractivity contribution is 9.10. The van der Waals surface area contributed by atoms with Crippen molar-refractivity contribution in [2.75, 3.05) is 16.4 Å². The van der Waals surface area contributed by atoms with Crippen molar-refractivity contribution in [3.8, 4) is 0 Å². The first-order chi connectivity index (χ1) is 12.3. The van der Waals surface area contributed by atoms with E-state index in [1.807, 2.05) is 13.8 Å². The summed E-state index contributed by atoms with van der Waals surface area (Å²) in [6.07, 6.45) is 1.37. The maximum atomic E-state index is 14.6. The number of halogens is 2. The molecule has 2 atom stereocenters. The van der Waals surface area contributed by atoms with Gasteiger partial charge >= 0.3 is 0 Å². The highest BCUT2D eigenvalue weighted by Crippen LogP contribution is 2.42. The van der Waals surface area contributed by atoms with Crippen LogP contribution >= 0.6 is 27.7 Å². The molecule has 3 rings (SSSR count). The fourth-order valence-electron chi connectivity index (χ4n) is 3.35. The number of nitrogens with zero attached hydrogens (tertiary/aromatic N) is 2. The molecular weight excluding hydrogens is 443 g/mol. The molecule has 2 fully saturated rings. The number of aliphatic imine (C=N–C) groups is 1. The SMILES string of the molecule is CCC(CC)C(=O)N=C1S[C@H]2CS(=O)(=O)C[C@@H]2N1c1ccc(Br)cc1F. The first-order valence-corrected chi connectivity index (χ1v) is 12.0. The van der Waals surface area contributed by atoms with Crippen molar-refractivity contribution < 1.29 is 17.6 Å². The van der Waals surface area contributed by atoms with Crippen molar-refractivity contribution in [3.05, 3.63) is 28.5 Å². The molecule has 0 spiro atoms. The fourth-order valence-corrected chi connectivity index (χ4v) is 7.59. The van der Waals surface area contributed by atoms with Gasteiger partial charge in [0.15, 0.2) is 15.0 Å². The summed E-state index contributed by atoms with van der Waals surface area (Å²) in [5.74, 6) is -0.924. The van der Waals surface area contributed by atoms with Gasteiger partial charge in [0.25, 0.3) is 5.91 Å². The van der Waals surface area contributed by atoms with Gasteiger partial charge in [-0.25, -0.2) is 12.8 Å². The number of hydrogen-bond acceptors (Lipinski definition) is 4. The van der Waals surface area contributed by atoms with Gasteiger partial charge in [-0.05, 0) is 31.0 Å². The number of anilines is 1. The molecule has 26 heavy (non-hydrogen) atoms. The maximum Gasteiger partial charge on any atom is 0.251 e. The molecule has 2 aliphatic rings. The van der Waals surface area contributed by atoms with E-state index in [1.54, 1.807) is 17.0 Å². The summed E-state index contributed by atoms with van der Waals surface area (Å²) >= 11 is 4.49. The zero-order chi connectivity index (χ0) is 19.1. The van der Waals surface area contributed by atoms with Crippen LogP contribution in [0.5, 0.6) is 0 Å². The Hall–Kier alpha value is -0.930. The average Bonchev–Trinajstić information content (AvgIpc) is 3.00. The molecular formula is C17H20BrFN2O3S2. The zero-order valence-corrected chi connectivity index (χ0v) is 17.7. The van der Waals surface area contributed by atoms with E-state index in [-0.39, 0.29) is 34.3 Å². The normalized spacial score (nSPS) is 25.9. The lowest BCUT2D eigenvalue weighted by atomic mass is 10.0. The van der Waals surface area contributed by atoms with Crippen molar-refractivity contribution in [2.24, 2.45) is 10.9 Å². The third-order valence-electron chi connectivity index (χ3n) is 4.78. The lowest BCUT2D eigenvalue weighted by molar-refractivity contribution is -0.121. The van der Waals surface area contributed by atoms with E-state index in [2.05, 4.69) is 20.9 Å². The quantitative estimate of drug-likeness (QED) is 0.683. The van der Waals surface area contributed by atoms with E-state index in [0.717, 1.165) is 0 Å². The lowest BCUT2D eigenvalue weighted by Crippen LogP contribution is -2.38. The van der Waals surface area contributed by atoms with Crippen LogP contribution in [0.15, 0.2) is 27.7 Å². The molecule has 0 aliphatic carbocycles. The monoisotopic (exact) mass is 462 g/mol. The van der Waals surface area contributed by atoms with E-state index < -0.39 is 21.7 Å². The average molecular weight is 463 g/mol. The van der Waals surface area contributed by atoms with Gasteiger partial charge < -0.3 is 4.90 Å². The Morgan fingerprint density at radius 2 is 2.08 bits per heavy atom. The van der Waals surface area contributed by atoms with Gasteiger partial charge in [0.2, 0.25) is 0 Å². The van der Waals surface area contributed by atoms with Gasteiger partial charge in [-0.15, -0.1) is 0 Å². The van der Waals surface area contributed by atoms with E-state index in [9.17, 15) is 17.6 Å². The molecule has 2 aliphatic heterocycles. The van der Waals surface area contributed by atoms with Crippen molar-refractivity contribution in [1.82, 2.24) is 0 Å². The number of benzene rings is 1. The Morgan fingerprint density at radius 1 is 1.38 bits per heavy atom. The Morgan fingerprint density at radius 3 is 2.69 bits per heavy atom. The van der Waals surface area contributed by atoms with Gasteiger partial charge in [-0.2, -0.15) is 4.99 Å². The fraction of sp³-hybridized carbons (Fsp3) is 0.529. The number of rotatable bonds is 4. The van der Waals surface area contributed by atoms with Gasteiger partial charge in [0.1, 0.15) is 5.82 Å². The van der Waals surface area contributed by atoms with Crippen molar-refractivity contribution >= 4 is 54.3 Å². The summed E-state index contributed by atoms with van der Waals surface area (Å²) in [5.41, 5.74) is 0.251. The van der Waals surface area contributed by atoms with Crippen LogP contribution in [0.4, 0.5) is 10.1 Å². The third kappa shape index (κ3) is 3.84. The predicted octanol–water partition coefficient (Wildman–Crippen LogP) is 3.63. The molecule has 0 radical (unpaired) electrons. The van der Waals surface area contributed by atoms with Crippen molar-refractivity contribution in [1.29, 1.82) is 0 Å². The molecule has 0 bridgehead atoms. The molecule has 2 saturated heterocycles. The maximum absolute atomic E-state index is 14.6. The van der Waals surface area contributed by atoms with E-state index in [4.69, 9.17) is 0 Å². The Balaban J connectivity index is 2.02. The summed E-state index contributed by atoms with van der Waals surface area (Å²) in [5, 5.41) is 0.157. The summed E-state index contributed by atoms with van der Waals surface area (Å²) < 4.78 is 39.3. The summed E-state index contributed by atoms with van der Waals surface area (Å²) in [6.45, 7) is 3.86. The van der Waals surface area contributed by atoms with Crippen LogP contribution in [-0.2, 0) is 14.6 Å². The van der Waals surface area contributed by atoms with Gasteiger partial charge in [0, 0.05) is 15.6 Å². The second kappa shape index (κ2) is 7.59. The Labute approximate surface area is 165 Å². The van der Waals surface area contributed by atoms with Crippen LogP contribution in [0.2, 0.25) is 0 Å². The van der Waals surface area contributed by atoms with Crippen LogP contribution in [-0.4, -0.2) is 42.3 Å². The van der Waals surface area contributed by atoms with Crippen LogP contribution in [0.3, 0.4) is 0 Å². The summed E-state index contributed by atoms with van der Waals surface area (Å²) in [4.78, 5) is 18.3. The van der Waals surface area contributed by atoms with Crippen LogP contribution in [0.1, 0.15) is 26.7 Å². The second-order valence-corrected chi connectivity index (χ2v) is 10.8. The second-order valence-electron chi connectivity index (χ2n) is 6.51. The molecule has 1 aromatic carbocycles. The standard InChI is InChI=1S/C17H20BrFN2O3S2/c1-3-10(4-2)16(22)20-17-21(13-6-5-11(18)7-12(13)19)14-8-26(23,24)9-15(14)25-17/h5-7,10,14-15H,3-4,8-9H2,1-2H3/t14-,15-/m0/s1. The summed E-state index contributed by atoms with van der Waals surface area (Å²) in [6, 6.07) is 4.20. The van der Waals surface area contributed by atoms with Crippen molar-refractivity contribution in [3.63, 3.8) is 0 Å². The van der Waals surface area contributed by atoms with Gasteiger partial charge in [-0.3, -0.25) is 4.79 Å². The van der Waals surface area contributed by atoms with E-state index in [0.29, 0.717) is 22.5 Å². The first-order valence-electron chi connectivity index (χ1n) is 8.49. The molecule has 0 unspecified atom stereocenters. The minimum absolute atomic E-state index is 0.0230. The number of carbonyl (C=O) groups is 1. The topological polar surface area (TPSA) is 66.8 Å². The third-order valence-corrected chi connectivity index (χ3v) is 8.48. The molecule has 0 aromatic heterocycles. The molecule has 2 heterocycles. The first kappa shape index (κ1) is 19.8. The van der Waals surface area contributed by atoms with E-state index in [1.165, 1.54) is 17.8 Å². The molecule has 142 valence electrons. The number of amidine groups is 1. The Bertz CT molecular complexity index is 856. The minimum Gasteiger partial charge on any atom is -0.313 e. The number of carbonyl (C=O) groups excluding carboxylic acids is 1. The smallest absolute Gasteiger partial charge is 0.251 e. The zero-order valence-electron chi connectivity index (χ0n) is 14.5. The predicted molar refractivity (Wildman–Crippen MR) is 107 cm³/mol. The molecule has 1 amide bonds. The molecule has 1 aromatic rings. The lowest BCUT2D eigenvalue weighted by Gasteiger charge is -2.25. The highest BCUT2D eigenvalue weighted by atomic mass is 79.9.